The fourth-order valence-electron chi connectivity index (χ4n) is 2.06. The Balaban J connectivity index is 2.03. The first-order valence-electron chi connectivity index (χ1n) is 7.66. The van der Waals surface area contributed by atoms with Crippen molar-refractivity contribution in [2.75, 3.05) is 10.6 Å². The lowest BCUT2D eigenvalue weighted by atomic mass is 10.1. The maximum absolute atomic E-state index is 12.1. The highest BCUT2D eigenvalue weighted by molar-refractivity contribution is 6.31. The van der Waals surface area contributed by atoms with Gasteiger partial charge in [-0.3, -0.25) is 14.4 Å². The van der Waals surface area contributed by atoms with Crippen LogP contribution in [0.25, 0.3) is 0 Å². The summed E-state index contributed by atoms with van der Waals surface area (Å²) in [5, 5.41) is 15.1. The van der Waals surface area contributed by atoms with Gasteiger partial charge in [-0.05, 0) is 56.3 Å². The van der Waals surface area contributed by atoms with Gasteiger partial charge in [-0.1, -0.05) is 11.6 Å². The van der Waals surface area contributed by atoms with Crippen LogP contribution in [0.15, 0.2) is 54.1 Å². The monoisotopic (exact) mass is 372 g/mol. The molecule has 0 aliphatic heterocycles. The van der Waals surface area contributed by atoms with E-state index in [1.807, 2.05) is 0 Å². The van der Waals surface area contributed by atoms with Crippen molar-refractivity contribution in [1.82, 2.24) is 0 Å². The molecule has 26 heavy (non-hydrogen) atoms. The second-order valence-corrected chi connectivity index (χ2v) is 6.00. The van der Waals surface area contributed by atoms with Crippen LogP contribution in [0.4, 0.5) is 11.4 Å². The van der Waals surface area contributed by atoms with E-state index in [4.69, 9.17) is 11.6 Å². The Hall–Kier alpha value is -3.12. The summed E-state index contributed by atoms with van der Waals surface area (Å²) in [4.78, 5) is 35.4. The molecule has 0 aromatic heterocycles. The van der Waals surface area contributed by atoms with Gasteiger partial charge in [0.25, 0.3) is 5.91 Å². The van der Waals surface area contributed by atoms with Crippen molar-refractivity contribution < 1.29 is 19.5 Å². The lowest BCUT2D eigenvalue weighted by molar-refractivity contribution is -0.114. The van der Waals surface area contributed by atoms with Gasteiger partial charge in [-0.25, -0.2) is 0 Å². The minimum atomic E-state index is -0.551. The van der Waals surface area contributed by atoms with Crippen LogP contribution in [-0.4, -0.2) is 22.7 Å². The van der Waals surface area contributed by atoms with Gasteiger partial charge in [0.05, 0.1) is 5.69 Å². The molecule has 2 rings (SSSR count). The second kappa shape index (κ2) is 8.31. The van der Waals surface area contributed by atoms with Crippen LogP contribution >= 0.6 is 11.6 Å². The van der Waals surface area contributed by atoms with Crippen LogP contribution < -0.4 is 10.6 Å². The summed E-state index contributed by atoms with van der Waals surface area (Å²) in [7, 11) is 0. The standard InChI is InChI=1S/C19H17ClN2O4/c1-11(19(26)22-16-10-14(20)5-8-17(16)24)9-18(25)21-15-6-3-13(4-7-15)12(2)23/h3-10,24H,1-2H3,(H,21,25)(H,22,26)/b11-9-. The summed E-state index contributed by atoms with van der Waals surface area (Å²) in [5.74, 6) is -1.25. The predicted octanol–water partition coefficient (Wildman–Crippen LogP) is 3.77. The molecule has 0 fully saturated rings. The van der Waals surface area contributed by atoms with E-state index in [2.05, 4.69) is 10.6 Å². The minimum Gasteiger partial charge on any atom is -0.506 e. The van der Waals surface area contributed by atoms with Gasteiger partial charge >= 0.3 is 0 Å². The topological polar surface area (TPSA) is 95.5 Å². The molecule has 2 aromatic carbocycles. The Morgan fingerprint density at radius 1 is 1.00 bits per heavy atom. The van der Waals surface area contributed by atoms with Crippen LogP contribution in [0.1, 0.15) is 24.2 Å². The van der Waals surface area contributed by atoms with E-state index in [9.17, 15) is 19.5 Å². The lowest BCUT2D eigenvalue weighted by Crippen LogP contribution is -2.16. The summed E-state index contributed by atoms with van der Waals surface area (Å²) in [6, 6.07) is 10.6. The molecule has 2 amide bonds. The number of amides is 2. The van der Waals surface area contributed by atoms with Crippen LogP contribution in [-0.2, 0) is 9.59 Å². The largest absolute Gasteiger partial charge is 0.506 e. The number of Topliss-reactive ketones (excluding diaryl/α,β-unsaturated/α-hetero) is 1. The molecule has 0 saturated carbocycles. The molecule has 0 unspecified atom stereocenters. The first-order valence-corrected chi connectivity index (χ1v) is 8.04. The molecule has 0 aliphatic rings. The number of nitrogens with one attached hydrogen (secondary N) is 2. The van der Waals surface area contributed by atoms with E-state index in [0.29, 0.717) is 16.3 Å². The van der Waals surface area contributed by atoms with E-state index < -0.39 is 11.8 Å². The summed E-state index contributed by atoms with van der Waals surface area (Å²) < 4.78 is 0. The number of ketones is 1. The highest BCUT2D eigenvalue weighted by Crippen LogP contribution is 2.26. The summed E-state index contributed by atoms with van der Waals surface area (Å²) >= 11 is 5.82. The van der Waals surface area contributed by atoms with Crippen molar-refractivity contribution in [3.05, 3.63) is 64.7 Å². The van der Waals surface area contributed by atoms with Crippen molar-refractivity contribution >= 4 is 40.6 Å². The molecule has 0 bridgehead atoms. The first-order chi connectivity index (χ1) is 12.3. The molecule has 2 aromatic rings. The van der Waals surface area contributed by atoms with E-state index in [0.717, 1.165) is 6.08 Å². The zero-order valence-electron chi connectivity index (χ0n) is 14.2. The number of hydrogen-bond donors (Lipinski definition) is 3. The Morgan fingerprint density at radius 2 is 1.65 bits per heavy atom. The van der Waals surface area contributed by atoms with E-state index >= 15 is 0 Å². The third-order valence-electron chi connectivity index (χ3n) is 3.47. The van der Waals surface area contributed by atoms with Crippen LogP contribution in [0.2, 0.25) is 5.02 Å². The third-order valence-corrected chi connectivity index (χ3v) is 3.71. The second-order valence-electron chi connectivity index (χ2n) is 5.57. The summed E-state index contributed by atoms with van der Waals surface area (Å²) in [5.41, 5.74) is 1.32. The van der Waals surface area contributed by atoms with E-state index in [-0.39, 0.29) is 22.8 Å². The average molecular weight is 373 g/mol. The zero-order valence-corrected chi connectivity index (χ0v) is 14.9. The SMILES string of the molecule is CC(=O)c1ccc(NC(=O)/C=C(/C)C(=O)Nc2cc(Cl)ccc2O)cc1. The molecule has 0 aliphatic carbocycles. The molecule has 3 N–H and O–H groups in total. The fraction of sp³-hybridized carbons (Fsp3) is 0.105. The predicted molar refractivity (Wildman–Crippen MR) is 101 cm³/mol. The van der Waals surface area contributed by atoms with Gasteiger partial charge in [0.15, 0.2) is 5.78 Å². The molecular weight excluding hydrogens is 356 g/mol. The number of carbonyl (C=O) groups excluding carboxylic acids is 3. The molecule has 134 valence electrons. The number of halogens is 1. The number of phenols is 1. The number of anilines is 2. The van der Waals surface area contributed by atoms with Gasteiger partial charge < -0.3 is 15.7 Å². The van der Waals surface area contributed by atoms with Gasteiger partial charge in [0, 0.05) is 27.9 Å². The van der Waals surface area contributed by atoms with Gasteiger partial charge in [-0.2, -0.15) is 0 Å². The van der Waals surface area contributed by atoms with Gasteiger partial charge in [0.1, 0.15) is 5.75 Å². The molecule has 0 radical (unpaired) electrons. The lowest BCUT2D eigenvalue weighted by Gasteiger charge is -2.08. The van der Waals surface area contributed by atoms with Gasteiger partial charge in [-0.15, -0.1) is 0 Å². The van der Waals surface area contributed by atoms with Crippen molar-refractivity contribution in [3.63, 3.8) is 0 Å². The van der Waals surface area contributed by atoms with E-state index in [1.54, 1.807) is 24.3 Å². The molecular formula is C19H17ClN2O4. The highest BCUT2D eigenvalue weighted by atomic mass is 35.5. The van der Waals surface area contributed by atoms with Gasteiger partial charge in [0.2, 0.25) is 5.91 Å². The highest BCUT2D eigenvalue weighted by Gasteiger charge is 2.11. The molecule has 7 heteroatoms. The molecule has 0 heterocycles. The maximum atomic E-state index is 12.1. The number of rotatable bonds is 5. The first kappa shape index (κ1) is 19.2. The third kappa shape index (κ3) is 5.19. The number of benzene rings is 2. The summed E-state index contributed by atoms with van der Waals surface area (Å²) in [6.45, 7) is 2.92. The maximum Gasteiger partial charge on any atom is 0.251 e. The molecule has 0 atom stereocenters. The molecule has 6 nitrogen and oxygen atoms in total. The normalized spacial score (nSPS) is 11.0. The number of hydrogen-bond acceptors (Lipinski definition) is 4. The Morgan fingerprint density at radius 3 is 2.27 bits per heavy atom. The van der Waals surface area contributed by atoms with Crippen LogP contribution in [0.5, 0.6) is 5.75 Å². The fourth-order valence-corrected chi connectivity index (χ4v) is 2.23. The smallest absolute Gasteiger partial charge is 0.251 e. The van der Waals surface area contributed by atoms with E-state index in [1.165, 1.54) is 32.0 Å². The molecule has 0 spiro atoms. The van der Waals surface area contributed by atoms with Crippen molar-refractivity contribution in [3.8, 4) is 5.75 Å². The number of carbonyl (C=O) groups is 3. The van der Waals surface area contributed by atoms with Crippen molar-refractivity contribution in [2.45, 2.75) is 13.8 Å². The number of phenolic OH excluding ortho intramolecular Hbond substituents is 1. The van der Waals surface area contributed by atoms with Crippen LogP contribution in [0.3, 0.4) is 0 Å². The Labute approximate surface area is 155 Å². The van der Waals surface area contributed by atoms with Crippen molar-refractivity contribution in [2.24, 2.45) is 0 Å². The minimum absolute atomic E-state index is 0.0699. The quantitative estimate of drug-likeness (QED) is 0.423. The average Bonchev–Trinajstić information content (AvgIpc) is 2.58. The number of aromatic hydroxyl groups is 1. The Bertz CT molecular complexity index is 889. The summed E-state index contributed by atoms with van der Waals surface area (Å²) in [6.07, 6.45) is 1.13. The van der Waals surface area contributed by atoms with Crippen molar-refractivity contribution in [1.29, 1.82) is 0 Å². The molecule has 0 saturated heterocycles. The Kier molecular flexibility index (Phi) is 6.14. The zero-order chi connectivity index (χ0) is 19.3. The van der Waals surface area contributed by atoms with Crippen LogP contribution in [0, 0.1) is 0 Å².